The Bertz CT molecular complexity index is 354. The quantitative estimate of drug-likeness (QED) is 0.836. The first-order valence-corrected chi connectivity index (χ1v) is 6.62. The lowest BCUT2D eigenvalue weighted by Gasteiger charge is -2.32. The van der Waals surface area contributed by atoms with Gasteiger partial charge in [0.15, 0.2) is 0 Å². The molecule has 1 aliphatic rings. The van der Waals surface area contributed by atoms with Crippen LogP contribution >= 0.6 is 0 Å². The molecule has 0 amide bonds. The Morgan fingerprint density at radius 2 is 2.06 bits per heavy atom. The molecule has 0 saturated heterocycles. The van der Waals surface area contributed by atoms with E-state index in [0.717, 1.165) is 12.8 Å². The van der Waals surface area contributed by atoms with Gasteiger partial charge in [-0.25, -0.2) is 0 Å². The van der Waals surface area contributed by atoms with Crippen LogP contribution < -0.4 is 10.6 Å². The molecule has 0 fully saturated rings. The summed E-state index contributed by atoms with van der Waals surface area (Å²) in [6.07, 6.45) is 2.29. The third kappa shape index (κ3) is 3.01. The van der Waals surface area contributed by atoms with E-state index in [4.69, 9.17) is 0 Å². The van der Waals surface area contributed by atoms with Gasteiger partial charge < -0.3 is 10.6 Å². The maximum Gasteiger partial charge on any atom is 0.0455 e. The molecule has 0 saturated carbocycles. The van der Waals surface area contributed by atoms with Crippen LogP contribution in [0.1, 0.15) is 39.7 Å². The fourth-order valence-corrected chi connectivity index (χ4v) is 2.61. The van der Waals surface area contributed by atoms with E-state index >= 15 is 0 Å². The molecule has 2 nitrogen and oxygen atoms in total. The van der Waals surface area contributed by atoms with E-state index in [9.17, 15) is 0 Å². The maximum atomic E-state index is 3.72. The van der Waals surface area contributed by atoms with E-state index in [1.807, 2.05) is 0 Å². The number of para-hydroxylation sites is 1. The van der Waals surface area contributed by atoms with Crippen LogP contribution in [-0.4, -0.2) is 17.6 Å². The molecule has 2 unspecified atom stereocenters. The summed E-state index contributed by atoms with van der Waals surface area (Å²) in [6.45, 7) is 8.96. The van der Waals surface area contributed by atoms with Gasteiger partial charge in [0, 0.05) is 23.3 Å². The second kappa shape index (κ2) is 4.69. The molecule has 17 heavy (non-hydrogen) atoms. The summed E-state index contributed by atoms with van der Waals surface area (Å²) in [7, 11) is 0. The lowest BCUT2D eigenvalue weighted by Crippen LogP contribution is -2.51. The van der Waals surface area contributed by atoms with Crippen LogP contribution in [0.4, 0.5) is 5.69 Å². The fourth-order valence-electron chi connectivity index (χ4n) is 2.61. The highest BCUT2D eigenvalue weighted by atomic mass is 15.1. The molecular weight excluding hydrogens is 208 g/mol. The average Bonchev–Trinajstić information content (AvgIpc) is 2.67. The summed E-state index contributed by atoms with van der Waals surface area (Å²) in [4.78, 5) is 0. The molecule has 0 spiro atoms. The molecule has 94 valence electrons. The van der Waals surface area contributed by atoms with Crippen molar-refractivity contribution in [2.24, 2.45) is 0 Å². The standard InChI is InChI=1S/C15H24N2/c1-5-12(17-15(2,3)4)14-10-11-8-6-7-9-13(11)16-14/h6-9,12,14,16-17H,5,10H2,1-4H3. The monoisotopic (exact) mass is 232 g/mol. The molecule has 2 N–H and O–H groups in total. The van der Waals surface area contributed by atoms with Crippen molar-refractivity contribution in [1.29, 1.82) is 0 Å². The van der Waals surface area contributed by atoms with Crippen molar-refractivity contribution in [3.05, 3.63) is 29.8 Å². The minimum Gasteiger partial charge on any atom is -0.380 e. The van der Waals surface area contributed by atoms with Crippen molar-refractivity contribution in [1.82, 2.24) is 5.32 Å². The first kappa shape index (κ1) is 12.4. The summed E-state index contributed by atoms with van der Waals surface area (Å²) in [5.41, 5.74) is 2.94. The fraction of sp³-hybridized carbons (Fsp3) is 0.600. The largest absolute Gasteiger partial charge is 0.380 e. The van der Waals surface area contributed by atoms with Crippen LogP contribution in [-0.2, 0) is 6.42 Å². The molecule has 0 aliphatic carbocycles. The van der Waals surface area contributed by atoms with Crippen molar-refractivity contribution in [3.63, 3.8) is 0 Å². The minimum atomic E-state index is 0.178. The molecule has 2 heteroatoms. The molecular formula is C15H24N2. The molecule has 1 aromatic rings. The van der Waals surface area contributed by atoms with E-state index in [0.29, 0.717) is 12.1 Å². The molecule has 2 rings (SSSR count). The molecule has 2 atom stereocenters. The van der Waals surface area contributed by atoms with Gasteiger partial charge in [-0.1, -0.05) is 25.1 Å². The Morgan fingerprint density at radius 1 is 1.35 bits per heavy atom. The second-order valence-electron chi connectivity index (χ2n) is 6.02. The van der Waals surface area contributed by atoms with Gasteiger partial charge in [0.05, 0.1) is 0 Å². The smallest absolute Gasteiger partial charge is 0.0455 e. The molecule has 1 aliphatic heterocycles. The first-order valence-electron chi connectivity index (χ1n) is 6.62. The normalized spacial score (nSPS) is 20.8. The summed E-state index contributed by atoms with van der Waals surface area (Å²) in [6, 6.07) is 9.69. The molecule has 1 aromatic carbocycles. The average molecular weight is 232 g/mol. The van der Waals surface area contributed by atoms with Gasteiger partial charge in [-0.3, -0.25) is 0 Å². The Kier molecular flexibility index (Phi) is 3.43. The highest BCUT2D eigenvalue weighted by Gasteiger charge is 2.28. The van der Waals surface area contributed by atoms with Crippen molar-refractivity contribution < 1.29 is 0 Å². The Morgan fingerprint density at radius 3 is 2.65 bits per heavy atom. The molecule has 0 aromatic heterocycles. The zero-order chi connectivity index (χ0) is 12.5. The molecule has 0 radical (unpaired) electrons. The zero-order valence-electron chi connectivity index (χ0n) is 11.4. The molecule has 1 heterocycles. The van der Waals surface area contributed by atoms with Crippen molar-refractivity contribution in [2.45, 2.75) is 58.2 Å². The number of benzene rings is 1. The summed E-state index contributed by atoms with van der Waals surface area (Å²) in [5, 5.41) is 7.37. The molecule has 0 bridgehead atoms. The van der Waals surface area contributed by atoms with Crippen LogP contribution in [0.2, 0.25) is 0 Å². The van der Waals surface area contributed by atoms with Crippen LogP contribution in [0.3, 0.4) is 0 Å². The maximum absolute atomic E-state index is 3.72. The lowest BCUT2D eigenvalue weighted by molar-refractivity contribution is 0.327. The van der Waals surface area contributed by atoms with E-state index < -0.39 is 0 Å². The number of nitrogens with one attached hydrogen (secondary N) is 2. The third-order valence-electron chi connectivity index (χ3n) is 3.34. The Balaban J connectivity index is 2.05. The zero-order valence-corrected chi connectivity index (χ0v) is 11.4. The van der Waals surface area contributed by atoms with E-state index in [1.165, 1.54) is 11.3 Å². The van der Waals surface area contributed by atoms with E-state index in [-0.39, 0.29) is 5.54 Å². The van der Waals surface area contributed by atoms with Crippen molar-refractivity contribution in [3.8, 4) is 0 Å². The SMILES string of the molecule is CCC(NC(C)(C)C)C1Cc2ccccc2N1. The van der Waals surface area contributed by atoms with Gasteiger partial charge in [0.1, 0.15) is 0 Å². The van der Waals surface area contributed by atoms with Gasteiger partial charge in [0.25, 0.3) is 0 Å². The minimum absolute atomic E-state index is 0.178. The van der Waals surface area contributed by atoms with E-state index in [1.54, 1.807) is 0 Å². The van der Waals surface area contributed by atoms with E-state index in [2.05, 4.69) is 62.6 Å². The van der Waals surface area contributed by atoms with Crippen LogP contribution in [0.15, 0.2) is 24.3 Å². The van der Waals surface area contributed by atoms with Gasteiger partial charge in [0.2, 0.25) is 0 Å². The first-order chi connectivity index (χ1) is 7.99. The summed E-state index contributed by atoms with van der Waals surface area (Å²) < 4.78 is 0. The van der Waals surface area contributed by atoms with Crippen LogP contribution in [0.25, 0.3) is 0 Å². The number of rotatable bonds is 3. The lowest BCUT2D eigenvalue weighted by atomic mass is 9.98. The van der Waals surface area contributed by atoms with Crippen LogP contribution in [0.5, 0.6) is 0 Å². The summed E-state index contributed by atoms with van der Waals surface area (Å²) in [5.74, 6) is 0. The van der Waals surface area contributed by atoms with Crippen molar-refractivity contribution >= 4 is 5.69 Å². The third-order valence-corrected chi connectivity index (χ3v) is 3.34. The van der Waals surface area contributed by atoms with Gasteiger partial charge in [-0.2, -0.15) is 0 Å². The number of anilines is 1. The van der Waals surface area contributed by atoms with Gasteiger partial charge in [-0.05, 0) is 45.2 Å². The number of hydrogen-bond donors (Lipinski definition) is 2. The van der Waals surface area contributed by atoms with Gasteiger partial charge >= 0.3 is 0 Å². The number of hydrogen-bond acceptors (Lipinski definition) is 2. The van der Waals surface area contributed by atoms with Crippen LogP contribution in [0, 0.1) is 0 Å². The number of fused-ring (bicyclic) bond motifs is 1. The summed E-state index contributed by atoms with van der Waals surface area (Å²) >= 11 is 0. The van der Waals surface area contributed by atoms with Gasteiger partial charge in [-0.15, -0.1) is 0 Å². The second-order valence-corrected chi connectivity index (χ2v) is 6.02. The van der Waals surface area contributed by atoms with Crippen molar-refractivity contribution in [2.75, 3.05) is 5.32 Å². The predicted molar refractivity (Wildman–Crippen MR) is 74.5 cm³/mol. The topological polar surface area (TPSA) is 24.1 Å². The Labute approximate surface area is 105 Å². The highest BCUT2D eigenvalue weighted by molar-refractivity contribution is 5.57. The predicted octanol–water partition coefficient (Wildman–Crippen LogP) is 3.19. The Hall–Kier alpha value is -1.02. The highest BCUT2D eigenvalue weighted by Crippen LogP contribution is 2.27.